The zero-order valence-corrected chi connectivity index (χ0v) is 16.9. The van der Waals surface area contributed by atoms with Crippen LogP contribution in [0.15, 0.2) is 48.5 Å². The summed E-state index contributed by atoms with van der Waals surface area (Å²) in [7, 11) is 0. The minimum Gasteiger partial charge on any atom is -0.326 e. The van der Waals surface area contributed by atoms with Crippen LogP contribution < -0.4 is 10.2 Å². The van der Waals surface area contributed by atoms with Crippen molar-refractivity contribution in [2.75, 3.05) is 16.0 Å². The molecule has 2 aliphatic rings. The number of hydrogen-bond acceptors (Lipinski definition) is 3. The van der Waals surface area contributed by atoms with Crippen molar-refractivity contribution in [1.82, 2.24) is 0 Å². The molecule has 0 radical (unpaired) electrons. The molecule has 2 aromatic carbocycles. The van der Waals surface area contributed by atoms with Crippen molar-refractivity contribution in [1.29, 1.82) is 0 Å². The number of nitrogens with zero attached hydrogens (tertiary/aromatic N) is 1. The van der Waals surface area contributed by atoms with Crippen LogP contribution in [0.5, 0.6) is 0 Å². The molecule has 2 amide bonds. The molecule has 1 atom stereocenters. The standard InChI is InChI=1S/C22H21F3N2O2S/c23-22(24,25)16-8-10-18(11-9-16)27-19(28)13-30-21(27)15-6-3-7-17(12-15)26-20(29)14-4-1-2-5-14/h3,6-12,14,21H,1-2,4-5,13H2,(H,26,29)/t21-/m1/s1. The number of thioether (sulfide) groups is 1. The molecule has 1 saturated carbocycles. The van der Waals surface area contributed by atoms with Gasteiger partial charge in [0, 0.05) is 17.3 Å². The maximum atomic E-state index is 12.9. The summed E-state index contributed by atoms with van der Waals surface area (Å²) in [4.78, 5) is 26.4. The Bertz CT molecular complexity index is 940. The largest absolute Gasteiger partial charge is 0.416 e. The van der Waals surface area contributed by atoms with E-state index in [1.54, 1.807) is 6.07 Å². The summed E-state index contributed by atoms with van der Waals surface area (Å²) < 4.78 is 38.6. The van der Waals surface area contributed by atoms with Gasteiger partial charge in [0.15, 0.2) is 0 Å². The molecule has 158 valence electrons. The maximum Gasteiger partial charge on any atom is 0.416 e. The molecular formula is C22H21F3N2O2S. The number of rotatable bonds is 4. The van der Waals surface area contributed by atoms with E-state index in [2.05, 4.69) is 5.32 Å². The molecule has 2 fully saturated rings. The molecule has 0 aromatic heterocycles. The maximum absolute atomic E-state index is 12.9. The number of carbonyl (C=O) groups is 2. The topological polar surface area (TPSA) is 49.4 Å². The third kappa shape index (κ3) is 4.33. The van der Waals surface area contributed by atoms with Gasteiger partial charge in [0.1, 0.15) is 5.37 Å². The lowest BCUT2D eigenvalue weighted by atomic mass is 10.1. The minimum absolute atomic E-state index is 0.0133. The number of hydrogen-bond donors (Lipinski definition) is 1. The molecule has 1 heterocycles. The van der Waals surface area contributed by atoms with E-state index >= 15 is 0 Å². The SMILES string of the molecule is O=C(Nc1cccc([C@H]2SCC(=O)N2c2ccc(C(F)(F)F)cc2)c1)C1CCCC1. The summed E-state index contributed by atoms with van der Waals surface area (Å²) in [6, 6.07) is 11.9. The van der Waals surface area contributed by atoms with E-state index < -0.39 is 11.7 Å². The van der Waals surface area contributed by atoms with Crippen molar-refractivity contribution < 1.29 is 22.8 Å². The van der Waals surface area contributed by atoms with Crippen LogP contribution in [0, 0.1) is 5.92 Å². The normalized spacial score (nSPS) is 20.0. The highest BCUT2D eigenvalue weighted by Gasteiger charge is 2.35. The minimum atomic E-state index is -4.42. The van der Waals surface area contributed by atoms with Crippen molar-refractivity contribution in [3.8, 4) is 0 Å². The van der Waals surface area contributed by atoms with E-state index in [4.69, 9.17) is 0 Å². The monoisotopic (exact) mass is 434 g/mol. The summed E-state index contributed by atoms with van der Waals surface area (Å²) in [6.07, 6.45) is -0.476. The highest BCUT2D eigenvalue weighted by atomic mass is 32.2. The number of nitrogens with one attached hydrogen (secondary N) is 1. The number of halogens is 3. The quantitative estimate of drug-likeness (QED) is 0.680. The van der Waals surface area contributed by atoms with Crippen LogP contribution in [-0.2, 0) is 15.8 Å². The van der Waals surface area contributed by atoms with E-state index in [9.17, 15) is 22.8 Å². The van der Waals surface area contributed by atoms with E-state index in [1.165, 1.54) is 28.8 Å². The predicted octanol–water partition coefficient (Wildman–Crippen LogP) is 5.61. The first-order valence-corrected chi connectivity index (χ1v) is 10.9. The molecule has 30 heavy (non-hydrogen) atoms. The van der Waals surface area contributed by atoms with E-state index in [0.717, 1.165) is 43.4 Å². The van der Waals surface area contributed by atoms with Gasteiger partial charge in [0.25, 0.3) is 0 Å². The van der Waals surface area contributed by atoms with Gasteiger partial charge in [-0.15, -0.1) is 11.8 Å². The summed E-state index contributed by atoms with van der Waals surface area (Å²) in [5, 5.41) is 2.60. The number of amides is 2. The highest BCUT2D eigenvalue weighted by molar-refractivity contribution is 8.00. The predicted molar refractivity (Wildman–Crippen MR) is 111 cm³/mol. The van der Waals surface area contributed by atoms with Gasteiger partial charge in [-0.1, -0.05) is 25.0 Å². The molecular weight excluding hydrogens is 413 g/mol. The van der Waals surface area contributed by atoms with Crippen LogP contribution in [-0.4, -0.2) is 17.6 Å². The van der Waals surface area contributed by atoms with Gasteiger partial charge in [-0.2, -0.15) is 13.2 Å². The van der Waals surface area contributed by atoms with Crippen LogP contribution in [0.2, 0.25) is 0 Å². The first kappa shape index (κ1) is 20.8. The van der Waals surface area contributed by atoms with Crippen LogP contribution in [0.3, 0.4) is 0 Å². The van der Waals surface area contributed by atoms with Crippen molar-refractivity contribution >= 4 is 35.0 Å². The first-order chi connectivity index (χ1) is 14.3. The van der Waals surface area contributed by atoms with Crippen molar-refractivity contribution in [2.45, 2.75) is 37.2 Å². The summed E-state index contributed by atoms with van der Waals surface area (Å²) in [5.74, 6) is 0.133. The third-order valence-corrected chi connectivity index (χ3v) is 6.72. The number of carbonyl (C=O) groups excluding carboxylic acids is 2. The fourth-order valence-electron chi connectivity index (χ4n) is 3.96. The molecule has 1 aliphatic carbocycles. The molecule has 0 spiro atoms. The van der Waals surface area contributed by atoms with Gasteiger partial charge in [-0.05, 0) is 54.8 Å². The smallest absolute Gasteiger partial charge is 0.326 e. The number of alkyl halides is 3. The molecule has 4 rings (SSSR count). The lowest BCUT2D eigenvalue weighted by Crippen LogP contribution is -2.28. The summed E-state index contributed by atoms with van der Waals surface area (Å²) in [6.45, 7) is 0. The van der Waals surface area contributed by atoms with Crippen LogP contribution in [0.4, 0.5) is 24.5 Å². The Morgan fingerprint density at radius 1 is 1.07 bits per heavy atom. The average molecular weight is 434 g/mol. The molecule has 1 saturated heterocycles. The lowest BCUT2D eigenvalue weighted by Gasteiger charge is -2.25. The average Bonchev–Trinajstić information content (AvgIpc) is 3.38. The molecule has 2 aromatic rings. The Kier molecular flexibility index (Phi) is 5.77. The summed E-state index contributed by atoms with van der Waals surface area (Å²) >= 11 is 1.41. The van der Waals surface area contributed by atoms with Gasteiger partial charge in [0.2, 0.25) is 11.8 Å². The highest BCUT2D eigenvalue weighted by Crippen LogP contribution is 2.43. The molecule has 4 nitrogen and oxygen atoms in total. The van der Waals surface area contributed by atoms with Crippen LogP contribution in [0.1, 0.15) is 42.2 Å². The zero-order chi connectivity index (χ0) is 21.3. The lowest BCUT2D eigenvalue weighted by molar-refractivity contribution is -0.137. The van der Waals surface area contributed by atoms with Crippen molar-refractivity contribution in [2.24, 2.45) is 5.92 Å². The number of anilines is 2. The van der Waals surface area contributed by atoms with Gasteiger partial charge in [0.05, 0.1) is 11.3 Å². The molecule has 8 heteroatoms. The molecule has 1 N–H and O–H groups in total. The van der Waals surface area contributed by atoms with Gasteiger partial charge in [-0.3, -0.25) is 14.5 Å². The number of benzene rings is 2. The second-order valence-corrected chi connectivity index (χ2v) is 8.64. The van der Waals surface area contributed by atoms with E-state index in [-0.39, 0.29) is 28.9 Å². The van der Waals surface area contributed by atoms with Gasteiger partial charge in [-0.25, -0.2) is 0 Å². The zero-order valence-electron chi connectivity index (χ0n) is 16.1. The Hall–Kier alpha value is -2.48. The first-order valence-electron chi connectivity index (χ1n) is 9.85. The second kappa shape index (κ2) is 8.34. The molecule has 1 aliphatic heterocycles. The van der Waals surface area contributed by atoms with Crippen LogP contribution in [0.25, 0.3) is 0 Å². The fourth-order valence-corrected chi connectivity index (χ4v) is 5.13. The van der Waals surface area contributed by atoms with Gasteiger partial charge < -0.3 is 5.32 Å². The fraction of sp³-hybridized carbons (Fsp3) is 0.364. The Morgan fingerprint density at radius 3 is 2.43 bits per heavy atom. The van der Waals surface area contributed by atoms with E-state index in [0.29, 0.717) is 11.4 Å². The Labute approximate surface area is 176 Å². The van der Waals surface area contributed by atoms with Gasteiger partial charge >= 0.3 is 6.18 Å². The Morgan fingerprint density at radius 2 is 1.77 bits per heavy atom. The third-order valence-electron chi connectivity index (χ3n) is 5.51. The molecule has 0 unspecified atom stereocenters. The summed E-state index contributed by atoms with van der Waals surface area (Å²) in [5.41, 5.74) is 1.15. The van der Waals surface area contributed by atoms with Crippen LogP contribution >= 0.6 is 11.8 Å². The van der Waals surface area contributed by atoms with E-state index in [1.807, 2.05) is 18.2 Å². The molecule has 0 bridgehead atoms. The second-order valence-electron chi connectivity index (χ2n) is 7.57. The van der Waals surface area contributed by atoms with Crippen molar-refractivity contribution in [3.05, 3.63) is 59.7 Å². The Balaban J connectivity index is 1.55. The van der Waals surface area contributed by atoms with Crippen molar-refractivity contribution in [3.63, 3.8) is 0 Å².